The van der Waals surface area contributed by atoms with Crippen LogP contribution < -0.4 is 14.3 Å². The summed E-state index contributed by atoms with van der Waals surface area (Å²) in [6.45, 7) is 0.0512. The Balaban J connectivity index is 0.00000336. The number of rotatable bonds is 5. The topological polar surface area (TPSA) is 99.6 Å². The predicted molar refractivity (Wildman–Crippen MR) is 139 cm³/mol. The molecule has 2 heterocycles. The van der Waals surface area contributed by atoms with Crippen molar-refractivity contribution in [3.8, 4) is 0 Å². The van der Waals surface area contributed by atoms with Crippen molar-refractivity contribution in [3.05, 3.63) is 40.7 Å². The van der Waals surface area contributed by atoms with E-state index in [0.29, 0.717) is 5.69 Å². The average molecular weight is 564 g/mol. The fourth-order valence-corrected chi connectivity index (χ4v) is 7.34. The van der Waals surface area contributed by atoms with Crippen LogP contribution >= 0.6 is 0 Å². The molecule has 2 aliphatic carbocycles. The minimum atomic E-state index is -4.56. The summed E-state index contributed by atoms with van der Waals surface area (Å²) in [6, 6.07) is -1.54. The van der Waals surface area contributed by atoms with Crippen LogP contribution in [0, 0.1) is 0 Å². The van der Waals surface area contributed by atoms with Crippen LogP contribution in [0.5, 0.6) is 0 Å². The van der Waals surface area contributed by atoms with Gasteiger partial charge in [0.05, 0.1) is 11.9 Å². The third kappa shape index (κ3) is 5.72. The molecule has 0 bridgehead atoms. The molecule has 203 valence electrons. The molecule has 0 spiro atoms. The van der Waals surface area contributed by atoms with Crippen molar-refractivity contribution in [1.29, 1.82) is 0 Å². The van der Waals surface area contributed by atoms with E-state index in [9.17, 15) is 26.4 Å². The first-order valence-electron chi connectivity index (χ1n) is 12.5. The van der Waals surface area contributed by atoms with Gasteiger partial charge in [-0.05, 0) is 80.7 Å². The summed E-state index contributed by atoms with van der Waals surface area (Å²) < 4.78 is 72.5. The summed E-state index contributed by atoms with van der Waals surface area (Å²) in [4.78, 5) is 14.3. The second-order valence-corrected chi connectivity index (χ2v) is 11.7. The third-order valence-electron chi connectivity index (χ3n) is 7.69. The zero-order chi connectivity index (χ0) is 26.5. The van der Waals surface area contributed by atoms with Crippen LogP contribution in [0.2, 0.25) is 0 Å². The van der Waals surface area contributed by atoms with E-state index in [2.05, 4.69) is 21.2 Å². The summed E-state index contributed by atoms with van der Waals surface area (Å²) in [5, 5.41) is 6.79. The first-order chi connectivity index (χ1) is 17.4. The Labute approximate surface area is 242 Å². The van der Waals surface area contributed by atoms with E-state index in [0.717, 1.165) is 54.0 Å². The number of fused-ring (bicyclic) bond motifs is 2. The van der Waals surface area contributed by atoms with Gasteiger partial charge in [-0.3, -0.25) is 9.58 Å². The quantitative estimate of drug-likeness (QED) is 0.546. The Bertz CT molecular complexity index is 1280. The van der Waals surface area contributed by atoms with Crippen molar-refractivity contribution in [2.24, 2.45) is 7.05 Å². The van der Waals surface area contributed by atoms with Gasteiger partial charge in [-0.2, -0.15) is 26.7 Å². The SMILES string of the molecule is CN1CCC(N(c2cnn(C)c2)S(=O)(=O)NC(=O)Nc2c3c(cc4c2CCC4)CCC3)CC1C(F)(F)F.[Na]. The van der Waals surface area contributed by atoms with Crippen molar-refractivity contribution in [1.82, 2.24) is 19.4 Å². The van der Waals surface area contributed by atoms with Gasteiger partial charge in [0.25, 0.3) is 0 Å². The number of nitrogens with one attached hydrogen (secondary N) is 2. The molecule has 2 amide bonds. The van der Waals surface area contributed by atoms with Crippen LogP contribution in [-0.4, -0.2) is 90.5 Å². The molecule has 2 aromatic rings. The van der Waals surface area contributed by atoms with Crippen molar-refractivity contribution in [3.63, 3.8) is 0 Å². The second-order valence-electron chi connectivity index (χ2n) is 10.2. The summed E-state index contributed by atoms with van der Waals surface area (Å²) >= 11 is 0. The normalized spacial score (nSPS) is 21.4. The van der Waals surface area contributed by atoms with E-state index in [1.165, 1.54) is 40.1 Å². The number of hydrogen-bond donors (Lipinski definition) is 2. The summed E-state index contributed by atoms with van der Waals surface area (Å²) in [5.74, 6) is 0. The van der Waals surface area contributed by atoms with Crippen LogP contribution in [0.25, 0.3) is 0 Å². The molecule has 14 heteroatoms. The second kappa shape index (κ2) is 11.0. The number of amides is 2. The van der Waals surface area contributed by atoms with Gasteiger partial charge in [-0.15, -0.1) is 0 Å². The van der Waals surface area contributed by atoms with E-state index >= 15 is 0 Å². The minimum absolute atomic E-state index is 0. The van der Waals surface area contributed by atoms with E-state index in [1.54, 1.807) is 7.05 Å². The van der Waals surface area contributed by atoms with Crippen molar-refractivity contribution >= 4 is 57.2 Å². The van der Waals surface area contributed by atoms with Gasteiger partial charge in [0.1, 0.15) is 6.04 Å². The molecule has 0 saturated carbocycles. The molecule has 1 aromatic carbocycles. The van der Waals surface area contributed by atoms with Crippen LogP contribution in [0.4, 0.5) is 29.3 Å². The number of carbonyl (C=O) groups excluding carboxylic acids is 1. The van der Waals surface area contributed by atoms with E-state index in [1.807, 2.05) is 0 Å². The smallest absolute Gasteiger partial charge is 0.307 e. The average Bonchev–Trinajstić information content (AvgIpc) is 3.54. The zero-order valence-electron chi connectivity index (χ0n) is 21.8. The molecular formula is C24H31F3N6NaO3S. The molecule has 9 nitrogen and oxygen atoms in total. The van der Waals surface area contributed by atoms with Crippen LogP contribution in [0.1, 0.15) is 47.9 Å². The predicted octanol–water partition coefficient (Wildman–Crippen LogP) is 2.91. The van der Waals surface area contributed by atoms with Gasteiger partial charge in [-0.25, -0.2) is 13.8 Å². The largest absolute Gasteiger partial charge is 0.404 e. The Kier molecular flexibility index (Phi) is 8.44. The molecular weight excluding hydrogens is 532 g/mol. The minimum Gasteiger partial charge on any atom is -0.307 e. The maximum absolute atomic E-state index is 13.7. The van der Waals surface area contributed by atoms with Gasteiger partial charge in [0.15, 0.2) is 0 Å². The molecule has 2 atom stereocenters. The molecule has 1 aliphatic heterocycles. The molecule has 2 N–H and O–H groups in total. The van der Waals surface area contributed by atoms with Gasteiger partial charge < -0.3 is 5.32 Å². The number of anilines is 2. The fourth-order valence-electron chi connectivity index (χ4n) is 6.00. The standard InChI is InChI=1S/C24H31F3N6O3S.Na/c1-31-10-9-17(12-21(31)24(25,26)27)33(18-13-28-32(2)14-18)37(35,36)30-23(34)29-22-19-7-3-5-15(19)11-16-6-4-8-20(16)22;/h11,13-14,17,21H,3-10,12H2,1-2H3,(H2,29,30,34);. The fraction of sp³-hybridized carbons (Fsp3) is 0.583. The number of hydrogen-bond acceptors (Lipinski definition) is 5. The molecule has 1 radical (unpaired) electrons. The molecule has 3 aliphatic rings. The zero-order valence-corrected chi connectivity index (χ0v) is 24.6. The number of piperidine rings is 1. The number of urea groups is 1. The third-order valence-corrected chi connectivity index (χ3v) is 9.16. The summed E-state index contributed by atoms with van der Waals surface area (Å²) in [5.41, 5.74) is 5.22. The van der Waals surface area contributed by atoms with E-state index in [-0.39, 0.29) is 48.2 Å². The number of carbonyl (C=O) groups is 1. The maximum Gasteiger partial charge on any atom is 0.404 e. The molecule has 1 aromatic heterocycles. The number of aryl methyl sites for hydroxylation is 3. The molecule has 38 heavy (non-hydrogen) atoms. The van der Waals surface area contributed by atoms with E-state index in [4.69, 9.17) is 0 Å². The van der Waals surface area contributed by atoms with Crippen LogP contribution in [-0.2, 0) is 42.9 Å². The number of benzene rings is 1. The molecule has 2 unspecified atom stereocenters. The number of alkyl halides is 3. The Morgan fingerprint density at radius 2 is 1.74 bits per heavy atom. The molecule has 5 rings (SSSR count). The Morgan fingerprint density at radius 1 is 1.11 bits per heavy atom. The first-order valence-corrected chi connectivity index (χ1v) is 13.9. The van der Waals surface area contributed by atoms with Gasteiger partial charge >= 0.3 is 22.4 Å². The number of halogens is 3. The Hall–Kier alpha value is -1.80. The van der Waals surface area contributed by atoms with Crippen molar-refractivity contribution < 1.29 is 26.4 Å². The van der Waals surface area contributed by atoms with Gasteiger partial charge in [-0.1, -0.05) is 6.07 Å². The maximum atomic E-state index is 13.7. The van der Waals surface area contributed by atoms with Crippen molar-refractivity contribution in [2.75, 3.05) is 23.2 Å². The van der Waals surface area contributed by atoms with Crippen LogP contribution in [0.3, 0.4) is 0 Å². The van der Waals surface area contributed by atoms with Crippen molar-refractivity contribution in [2.45, 2.75) is 69.6 Å². The van der Waals surface area contributed by atoms with Gasteiger partial charge in [0.2, 0.25) is 0 Å². The van der Waals surface area contributed by atoms with E-state index < -0.39 is 40.9 Å². The number of aromatic nitrogens is 2. The van der Waals surface area contributed by atoms with Gasteiger partial charge in [0, 0.05) is 61.1 Å². The summed E-state index contributed by atoms with van der Waals surface area (Å²) in [6.07, 6.45) is 3.27. The number of nitrogens with zero attached hydrogens (tertiary/aromatic N) is 4. The molecule has 1 saturated heterocycles. The summed E-state index contributed by atoms with van der Waals surface area (Å²) in [7, 11) is -1.61. The molecule has 1 fully saturated rings. The number of likely N-dealkylation sites (tertiary alicyclic amines) is 1. The Morgan fingerprint density at radius 3 is 2.29 bits per heavy atom. The monoisotopic (exact) mass is 563 g/mol. The van der Waals surface area contributed by atoms with Crippen LogP contribution in [0.15, 0.2) is 18.5 Å². The first kappa shape index (κ1) is 29.2.